The van der Waals surface area contributed by atoms with Crippen molar-refractivity contribution in [2.24, 2.45) is 0 Å². The van der Waals surface area contributed by atoms with Gasteiger partial charge in [0.05, 0.1) is 33.5 Å². The molecule has 1 atom stereocenters. The SMILES string of the molecule is C[C@@]1(NC(=O)COC(=O)c2ccc3c(=O)n4c(nc3c2)CCC4)CCS(=O)(=O)C1. The van der Waals surface area contributed by atoms with Crippen LogP contribution in [0.2, 0.25) is 0 Å². The van der Waals surface area contributed by atoms with E-state index >= 15 is 0 Å². The molecule has 1 N–H and O–H groups in total. The number of esters is 1. The maximum atomic E-state index is 12.5. The predicted octanol–water partition coefficient (Wildman–Crippen LogP) is 0.193. The molecule has 9 nitrogen and oxygen atoms in total. The van der Waals surface area contributed by atoms with E-state index in [-0.39, 0.29) is 22.6 Å². The molecule has 0 spiro atoms. The molecule has 2 aromatic rings. The molecule has 0 bridgehead atoms. The highest BCUT2D eigenvalue weighted by Crippen LogP contribution is 2.22. The number of carbonyl (C=O) groups excluding carboxylic acids is 2. The van der Waals surface area contributed by atoms with Crippen LogP contribution in [0.25, 0.3) is 10.9 Å². The molecule has 1 aromatic heterocycles. The Labute approximate surface area is 167 Å². The van der Waals surface area contributed by atoms with Crippen LogP contribution in [0.5, 0.6) is 0 Å². The van der Waals surface area contributed by atoms with Gasteiger partial charge in [-0.3, -0.25) is 14.2 Å². The van der Waals surface area contributed by atoms with Gasteiger partial charge in [0.1, 0.15) is 5.82 Å². The quantitative estimate of drug-likeness (QED) is 0.702. The number of amides is 1. The summed E-state index contributed by atoms with van der Waals surface area (Å²) in [5.41, 5.74) is -0.361. The van der Waals surface area contributed by atoms with E-state index in [1.165, 1.54) is 18.2 Å². The van der Waals surface area contributed by atoms with Gasteiger partial charge in [-0.05, 0) is 38.0 Å². The van der Waals surface area contributed by atoms with Gasteiger partial charge in [-0.15, -0.1) is 0 Å². The van der Waals surface area contributed by atoms with Gasteiger partial charge >= 0.3 is 5.97 Å². The summed E-state index contributed by atoms with van der Waals surface area (Å²) in [6.45, 7) is 1.78. The number of aryl methyl sites for hydroxylation is 1. The van der Waals surface area contributed by atoms with Gasteiger partial charge < -0.3 is 10.1 Å². The van der Waals surface area contributed by atoms with Crippen LogP contribution in [-0.4, -0.2) is 53.5 Å². The van der Waals surface area contributed by atoms with Crippen molar-refractivity contribution in [1.82, 2.24) is 14.9 Å². The number of ether oxygens (including phenoxy) is 1. The second-order valence-electron chi connectivity index (χ2n) is 7.85. The van der Waals surface area contributed by atoms with Gasteiger partial charge in [-0.2, -0.15) is 0 Å². The van der Waals surface area contributed by atoms with Crippen molar-refractivity contribution >= 4 is 32.6 Å². The standard InChI is InChI=1S/C19H21N3O6S/c1-19(6-8-29(26,27)11-19)21-16(23)10-28-18(25)12-4-5-13-14(9-12)20-15-3-2-7-22(15)17(13)24/h4-5,9H,2-3,6-8,10-11H2,1H3,(H,21,23)/t19-/m1/s1. The zero-order valence-electron chi connectivity index (χ0n) is 15.9. The van der Waals surface area contributed by atoms with Gasteiger partial charge in [-0.25, -0.2) is 18.2 Å². The molecule has 0 unspecified atom stereocenters. The number of benzene rings is 1. The van der Waals surface area contributed by atoms with Crippen LogP contribution in [0.1, 0.15) is 35.9 Å². The molecule has 1 saturated heterocycles. The van der Waals surface area contributed by atoms with E-state index in [9.17, 15) is 22.8 Å². The summed E-state index contributed by atoms with van der Waals surface area (Å²) in [7, 11) is -3.16. The third-order valence-corrected chi connectivity index (χ3v) is 7.23. The Hall–Kier alpha value is -2.75. The predicted molar refractivity (Wildman–Crippen MR) is 104 cm³/mol. The number of nitrogens with one attached hydrogen (secondary N) is 1. The third-order valence-electron chi connectivity index (χ3n) is 5.33. The maximum Gasteiger partial charge on any atom is 0.338 e. The van der Waals surface area contributed by atoms with E-state index in [1.54, 1.807) is 11.5 Å². The first-order chi connectivity index (χ1) is 13.7. The number of carbonyl (C=O) groups is 2. The Morgan fingerprint density at radius 3 is 2.86 bits per heavy atom. The van der Waals surface area contributed by atoms with Gasteiger partial charge in [0.15, 0.2) is 16.4 Å². The summed E-state index contributed by atoms with van der Waals surface area (Å²) in [6.07, 6.45) is 1.91. The molecule has 2 aliphatic heterocycles. The highest BCUT2D eigenvalue weighted by molar-refractivity contribution is 7.91. The Morgan fingerprint density at radius 2 is 2.14 bits per heavy atom. The van der Waals surface area contributed by atoms with Crippen molar-refractivity contribution in [3.05, 3.63) is 39.9 Å². The lowest BCUT2D eigenvalue weighted by atomic mass is 10.0. The first-order valence-corrected chi connectivity index (χ1v) is 11.2. The average molecular weight is 419 g/mol. The largest absolute Gasteiger partial charge is 0.452 e. The van der Waals surface area contributed by atoms with E-state index in [2.05, 4.69) is 10.3 Å². The van der Waals surface area contributed by atoms with Crippen LogP contribution in [-0.2, 0) is 32.3 Å². The minimum atomic E-state index is -3.16. The molecule has 2 aliphatic rings. The van der Waals surface area contributed by atoms with Crippen molar-refractivity contribution in [1.29, 1.82) is 0 Å². The molecule has 0 radical (unpaired) electrons. The van der Waals surface area contributed by atoms with Gasteiger partial charge in [0.25, 0.3) is 11.5 Å². The van der Waals surface area contributed by atoms with Crippen LogP contribution in [0.15, 0.2) is 23.0 Å². The Bertz CT molecular complexity index is 1190. The number of rotatable bonds is 4. The van der Waals surface area contributed by atoms with Crippen LogP contribution in [0.3, 0.4) is 0 Å². The molecule has 29 heavy (non-hydrogen) atoms. The summed E-state index contributed by atoms with van der Waals surface area (Å²) in [5, 5.41) is 3.06. The van der Waals surface area contributed by atoms with Crippen molar-refractivity contribution < 1.29 is 22.7 Å². The van der Waals surface area contributed by atoms with Crippen LogP contribution >= 0.6 is 0 Å². The van der Waals surface area contributed by atoms with Crippen molar-refractivity contribution in [2.75, 3.05) is 18.1 Å². The maximum absolute atomic E-state index is 12.5. The molecule has 1 aromatic carbocycles. The fourth-order valence-electron chi connectivity index (χ4n) is 3.91. The minimum absolute atomic E-state index is 0.0251. The Kier molecular flexibility index (Phi) is 4.68. The number of aromatic nitrogens is 2. The van der Waals surface area contributed by atoms with E-state index < -0.39 is 33.9 Å². The molecule has 154 valence electrons. The van der Waals surface area contributed by atoms with E-state index in [0.29, 0.717) is 36.1 Å². The summed E-state index contributed by atoms with van der Waals surface area (Å²) in [4.78, 5) is 41.4. The molecule has 3 heterocycles. The fourth-order valence-corrected chi connectivity index (χ4v) is 6.00. The molecule has 4 rings (SSSR count). The topological polar surface area (TPSA) is 124 Å². The third kappa shape index (κ3) is 3.89. The molecule has 1 amide bonds. The highest BCUT2D eigenvalue weighted by atomic mass is 32.2. The Balaban J connectivity index is 1.43. The number of nitrogens with zero attached hydrogens (tertiary/aromatic N) is 2. The van der Waals surface area contributed by atoms with Crippen LogP contribution < -0.4 is 10.9 Å². The van der Waals surface area contributed by atoms with E-state index in [4.69, 9.17) is 4.74 Å². The Morgan fingerprint density at radius 1 is 1.34 bits per heavy atom. The minimum Gasteiger partial charge on any atom is -0.452 e. The van der Waals surface area contributed by atoms with E-state index in [1.807, 2.05) is 0 Å². The number of sulfone groups is 1. The highest BCUT2D eigenvalue weighted by Gasteiger charge is 2.39. The van der Waals surface area contributed by atoms with Gasteiger partial charge in [-0.1, -0.05) is 0 Å². The van der Waals surface area contributed by atoms with Crippen molar-refractivity contribution in [3.8, 4) is 0 Å². The molecular weight excluding hydrogens is 398 g/mol. The van der Waals surface area contributed by atoms with Crippen molar-refractivity contribution in [2.45, 2.75) is 38.3 Å². The van der Waals surface area contributed by atoms with Gasteiger partial charge in [0, 0.05) is 13.0 Å². The molecule has 0 saturated carbocycles. The second kappa shape index (κ2) is 6.94. The summed E-state index contributed by atoms with van der Waals surface area (Å²) in [5.74, 6) is -0.679. The summed E-state index contributed by atoms with van der Waals surface area (Å²) in [6, 6.07) is 4.50. The lowest BCUT2D eigenvalue weighted by molar-refractivity contribution is -0.125. The molecule has 0 aliphatic carbocycles. The van der Waals surface area contributed by atoms with E-state index in [0.717, 1.165) is 6.42 Å². The lowest BCUT2D eigenvalue weighted by Crippen LogP contribution is -2.48. The molecular formula is C19H21N3O6S. The number of hydrogen-bond acceptors (Lipinski definition) is 7. The van der Waals surface area contributed by atoms with Crippen LogP contribution in [0, 0.1) is 0 Å². The number of hydrogen-bond donors (Lipinski definition) is 1. The molecule has 10 heteroatoms. The van der Waals surface area contributed by atoms with Crippen molar-refractivity contribution in [3.63, 3.8) is 0 Å². The molecule has 1 fully saturated rings. The zero-order chi connectivity index (χ0) is 20.8. The van der Waals surface area contributed by atoms with Crippen LogP contribution in [0.4, 0.5) is 0 Å². The average Bonchev–Trinajstić information content (AvgIpc) is 3.23. The fraction of sp³-hybridized carbons (Fsp3) is 0.474. The first kappa shape index (κ1) is 19.6. The number of fused-ring (bicyclic) bond motifs is 2. The monoisotopic (exact) mass is 419 g/mol. The summed E-state index contributed by atoms with van der Waals surface area (Å²) >= 11 is 0. The lowest BCUT2D eigenvalue weighted by Gasteiger charge is -2.23. The summed E-state index contributed by atoms with van der Waals surface area (Å²) < 4.78 is 29.9. The first-order valence-electron chi connectivity index (χ1n) is 9.38. The smallest absolute Gasteiger partial charge is 0.338 e. The normalized spacial score (nSPS) is 22.4. The zero-order valence-corrected chi connectivity index (χ0v) is 16.8. The second-order valence-corrected chi connectivity index (χ2v) is 10.0. The van der Waals surface area contributed by atoms with Gasteiger partial charge in [0.2, 0.25) is 0 Å².